The number of guanidine groups is 1. The van der Waals surface area contributed by atoms with Gasteiger partial charge in [0, 0.05) is 19.0 Å². The lowest BCUT2D eigenvalue weighted by Gasteiger charge is -2.22. The van der Waals surface area contributed by atoms with Crippen molar-refractivity contribution < 1.29 is 0 Å². The van der Waals surface area contributed by atoms with Crippen molar-refractivity contribution in [1.29, 1.82) is 0 Å². The molecule has 0 aliphatic rings. The monoisotopic (exact) mass is 574 g/mol. The molecule has 0 radical (unpaired) electrons. The fraction of sp³-hybridized carbons (Fsp3) is 0.316. The van der Waals surface area contributed by atoms with Crippen molar-refractivity contribution in [3.05, 3.63) is 68.3 Å². The minimum Gasteiger partial charge on any atom is -0.349 e. The van der Waals surface area contributed by atoms with Crippen LogP contribution in [-0.2, 0) is 26.7 Å². The predicted octanol–water partition coefficient (Wildman–Crippen LogP) is 4.34. The SMILES string of the molecule is Cc1nnc(CNC(=NCc2ccccc2)N(C)Cc2ccc(Br)s2)n1C.I. The van der Waals surface area contributed by atoms with Crippen LogP contribution in [0, 0.1) is 6.92 Å². The van der Waals surface area contributed by atoms with Crippen molar-refractivity contribution in [3.8, 4) is 0 Å². The third kappa shape index (κ3) is 6.28. The summed E-state index contributed by atoms with van der Waals surface area (Å²) in [6.45, 7) is 3.93. The molecule has 0 unspecified atom stereocenters. The summed E-state index contributed by atoms with van der Waals surface area (Å²) in [7, 11) is 4.02. The van der Waals surface area contributed by atoms with Gasteiger partial charge in [0.2, 0.25) is 0 Å². The molecule has 9 heteroatoms. The molecule has 2 aromatic heterocycles. The largest absolute Gasteiger partial charge is 0.349 e. The van der Waals surface area contributed by atoms with E-state index in [1.54, 1.807) is 11.3 Å². The molecular formula is C19H24BrIN6S. The molecule has 0 spiro atoms. The Morgan fingerprint density at radius 1 is 1.21 bits per heavy atom. The van der Waals surface area contributed by atoms with E-state index in [1.807, 2.05) is 43.8 Å². The maximum Gasteiger partial charge on any atom is 0.194 e. The molecule has 3 rings (SSSR count). The van der Waals surface area contributed by atoms with Crippen molar-refractivity contribution >= 4 is 57.2 Å². The van der Waals surface area contributed by atoms with E-state index >= 15 is 0 Å². The van der Waals surface area contributed by atoms with Crippen molar-refractivity contribution in [3.63, 3.8) is 0 Å². The van der Waals surface area contributed by atoms with E-state index < -0.39 is 0 Å². The Morgan fingerprint density at radius 2 is 1.96 bits per heavy atom. The number of hydrogen-bond acceptors (Lipinski definition) is 4. The number of thiophene rings is 1. The van der Waals surface area contributed by atoms with Gasteiger partial charge in [0.15, 0.2) is 11.8 Å². The highest BCUT2D eigenvalue weighted by molar-refractivity contribution is 14.0. The molecule has 0 amide bonds. The summed E-state index contributed by atoms with van der Waals surface area (Å²) >= 11 is 5.26. The van der Waals surface area contributed by atoms with E-state index in [9.17, 15) is 0 Å². The van der Waals surface area contributed by atoms with E-state index in [2.05, 4.69) is 60.6 Å². The van der Waals surface area contributed by atoms with E-state index in [4.69, 9.17) is 4.99 Å². The highest BCUT2D eigenvalue weighted by atomic mass is 127. The first kappa shape index (κ1) is 22.8. The van der Waals surface area contributed by atoms with Crippen LogP contribution in [-0.4, -0.2) is 32.7 Å². The van der Waals surface area contributed by atoms with Crippen molar-refractivity contribution in [2.24, 2.45) is 12.0 Å². The first-order valence-corrected chi connectivity index (χ1v) is 10.3. The molecule has 28 heavy (non-hydrogen) atoms. The molecule has 0 saturated heterocycles. The Balaban J connectivity index is 0.00000280. The summed E-state index contributed by atoms with van der Waals surface area (Å²) in [5.74, 6) is 2.61. The summed E-state index contributed by atoms with van der Waals surface area (Å²) in [6, 6.07) is 14.5. The summed E-state index contributed by atoms with van der Waals surface area (Å²) in [5, 5.41) is 11.8. The van der Waals surface area contributed by atoms with Crippen molar-refractivity contribution in [1.82, 2.24) is 25.0 Å². The Labute approximate surface area is 195 Å². The van der Waals surface area contributed by atoms with Gasteiger partial charge in [-0.25, -0.2) is 4.99 Å². The van der Waals surface area contributed by atoms with E-state index in [0.717, 1.165) is 27.9 Å². The Bertz CT molecular complexity index is 908. The Morgan fingerprint density at radius 3 is 2.57 bits per heavy atom. The zero-order valence-corrected chi connectivity index (χ0v) is 20.8. The molecule has 3 aromatic rings. The average molecular weight is 575 g/mol. The van der Waals surface area contributed by atoms with Gasteiger partial charge in [-0.1, -0.05) is 30.3 Å². The first-order chi connectivity index (χ1) is 13.0. The van der Waals surface area contributed by atoms with Crippen LogP contribution < -0.4 is 5.32 Å². The van der Waals surface area contributed by atoms with E-state index in [0.29, 0.717) is 13.1 Å². The van der Waals surface area contributed by atoms with Gasteiger partial charge in [-0.3, -0.25) is 0 Å². The second-order valence-electron chi connectivity index (χ2n) is 6.26. The summed E-state index contributed by atoms with van der Waals surface area (Å²) in [5.41, 5.74) is 1.18. The van der Waals surface area contributed by atoms with Crippen LogP contribution >= 0.6 is 51.2 Å². The van der Waals surface area contributed by atoms with E-state index in [1.165, 1.54) is 10.4 Å². The number of benzene rings is 1. The molecule has 1 aromatic carbocycles. The zero-order chi connectivity index (χ0) is 19.2. The molecule has 150 valence electrons. The number of rotatable bonds is 6. The smallest absolute Gasteiger partial charge is 0.194 e. The minimum absolute atomic E-state index is 0. The second kappa shape index (κ2) is 10.9. The molecule has 0 aliphatic carbocycles. The third-order valence-electron chi connectivity index (χ3n) is 4.23. The highest BCUT2D eigenvalue weighted by Gasteiger charge is 2.11. The quantitative estimate of drug-likeness (QED) is 0.270. The number of aliphatic imine (C=N–C) groups is 1. The average Bonchev–Trinajstić information content (AvgIpc) is 3.22. The van der Waals surface area contributed by atoms with Crippen LogP contribution in [0.3, 0.4) is 0 Å². The number of aromatic nitrogens is 3. The summed E-state index contributed by atoms with van der Waals surface area (Å²) in [6.07, 6.45) is 0. The minimum atomic E-state index is 0. The van der Waals surface area contributed by atoms with Gasteiger partial charge in [0.25, 0.3) is 0 Å². The van der Waals surface area contributed by atoms with Gasteiger partial charge < -0.3 is 14.8 Å². The zero-order valence-electron chi connectivity index (χ0n) is 16.1. The van der Waals surface area contributed by atoms with Gasteiger partial charge in [-0.2, -0.15) is 0 Å². The maximum atomic E-state index is 4.82. The fourth-order valence-electron chi connectivity index (χ4n) is 2.57. The Kier molecular flexibility index (Phi) is 8.90. The predicted molar refractivity (Wildman–Crippen MR) is 129 cm³/mol. The standard InChI is InChI=1S/C19H23BrN6S.HI/c1-14-23-24-18(26(14)3)12-22-19(21-11-15-7-5-4-6-8-15)25(2)13-16-9-10-17(20)27-16;/h4-10H,11-13H2,1-3H3,(H,21,22);1H. The lowest BCUT2D eigenvalue weighted by Crippen LogP contribution is -2.38. The number of halogens is 2. The number of nitrogens with zero attached hydrogens (tertiary/aromatic N) is 5. The lowest BCUT2D eigenvalue weighted by molar-refractivity contribution is 0.476. The van der Waals surface area contributed by atoms with Crippen molar-refractivity contribution in [2.75, 3.05) is 7.05 Å². The Hall–Kier alpha value is -1.46. The fourth-order valence-corrected chi connectivity index (χ4v) is 4.11. The van der Waals surface area contributed by atoms with Gasteiger partial charge >= 0.3 is 0 Å². The number of nitrogens with one attached hydrogen (secondary N) is 1. The number of aryl methyl sites for hydroxylation is 1. The second-order valence-corrected chi connectivity index (χ2v) is 8.81. The van der Waals surface area contributed by atoms with Gasteiger partial charge in [0.05, 0.1) is 23.4 Å². The van der Waals surface area contributed by atoms with Crippen LogP contribution in [0.5, 0.6) is 0 Å². The molecule has 0 atom stereocenters. The topological polar surface area (TPSA) is 58.3 Å². The lowest BCUT2D eigenvalue weighted by atomic mass is 10.2. The summed E-state index contributed by atoms with van der Waals surface area (Å²) in [4.78, 5) is 8.22. The molecule has 1 N–H and O–H groups in total. The molecule has 6 nitrogen and oxygen atoms in total. The van der Waals surface area contributed by atoms with Crippen LogP contribution in [0.4, 0.5) is 0 Å². The molecule has 0 bridgehead atoms. The van der Waals surface area contributed by atoms with Gasteiger partial charge in [0.1, 0.15) is 5.82 Å². The van der Waals surface area contributed by atoms with Gasteiger partial charge in [-0.05, 0) is 40.5 Å². The normalized spacial score (nSPS) is 11.2. The van der Waals surface area contributed by atoms with Crippen LogP contribution in [0.25, 0.3) is 0 Å². The molecule has 0 saturated carbocycles. The maximum absolute atomic E-state index is 4.82. The molecule has 0 aliphatic heterocycles. The highest BCUT2D eigenvalue weighted by Crippen LogP contribution is 2.23. The van der Waals surface area contributed by atoms with Crippen LogP contribution in [0.15, 0.2) is 51.2 Å². The molecular weight excluding hydrogens is 551 g/mol. The van der Waals surface area contributed by atoms with Gasteiger partial charge in [-0.15, -0.1) is 45.5 Å². The summed E-state index contributed by atoms with van der Waals surface area (Å²) < 4.78 is 3.12. The van der Waals surface area contributed by atoms with Crippen molar-refractivity contribution in [2.45, 2.75) is 26.6 Å². The van der Waals surface area contributed by atoms with E-state index in [-0.39, 0.29) is 24.0 Å². The van der Waals surface area contributed by atoms with Crippen LogP contribution in [0.1, 0.15) is 22.1 Å². The first-order valence-electron chi connectivity index (χ1n) is 8.65. The third-order valence-corrected chi connectivity index (χ3v) is 5.83. The van der Waals surface area contributed by atoms with Crippen LogP contribution in [0.2, 0.25) is 0 Å². The number of hydrogen-bond donors (Lipinski definition) is 1. The molecule has 0 fully saturated rings. The molecule has 2 heterocycles.